The molecule has 0 saturated heterocycles. The minimum Gasteiger partial charge on any atom is -0.353 e. The van der Waals surface area contributed by atoms with E-state index in [9.17, 15) is 0 Å². The molecule has 20 heavy (non-hydrogen) atoms. The first-order chi connectivity index (χ1) is 9.26. The Bertz CT molecular complexity index is 498. The fourth-order valence-corrected chi connectivity index (χ4v) is 2.81. The first-order valence-electron chi connectivity index (χ1n) is 7.34. The van der Waals surface area contributed by atoms with Gasteiger partial charge in [0.25, 0.3) is 0 Å². The van der Waals surface area contributed by atoms with Gasteiger partial charge in [-0.05, 0) is 48.3 Å². The van der Waals surface area contributed by atoms with Crippen LogP contribution in [0.5, 0.6) is 0 Å². The molecule has 2 aliphatic carbocycles. The molecule has 2 N–H and O–H groups in total. The fraction of sp³-hybridized carbons (Fsp3) is 0.562. The zero-order chi connectivity index (χ0) is 13.2. The molecule has 4 heteroatoms. The van der Waals surface area contributed by atoms with Crippen molar-refractivity contribution in [1.29, 1.82) is 0 Å². The second kappa shape index (κ2) is 6.78. The number of benzene rings is 1. The smallest absolute Gasteiger partial charge is 0.191 e. The normalized spacial score (nSPS) is 23.8. The third-order valence-corrected chi connectivity index (χ3v) is 4.28. The topological polar surface area (TPSA) is 36.4 Å². The minimum atomic E-state index is 0. The van der Waals surface area contributed by atoms with Crippen LogP contribution in [-0.4, -0.2) is 19.0 Å². The maximum Gasteiger partial charge on any atom is 0.191 e. The van der Waals surface area contributed by atoms with Gasteiger partial charge < -0.3 is 10.6 Å². The molecule has 1 fully saturated rings. The van der Waals surface area contributed by atoms with Gasteiger partial charge in [-0.25, -0.2) is 0 Å². The standard InChI is InChI=1S/C16H23N3.HI/c1-11-8-15(11)19-16(17-2)18-10-12-6-7-13-4-3-5-14(13)9-12;/h6-7,9,11,15H,3-5,8,10H2,1-2H3,(H2,17,18,19);1H. The lowest BCUT2D eigenvalue weighted by atomic mass is 10.1. The average Bonchev–Trinajstić information content (AvgIpc) is 2.92. The summed E-state index contributed by atoms with van der Waals surface area (Å²) in [6, 6.07) is 7.50. The summed E-state index contributed by atoms with van der Waals surface area (Å²) in [5.41, 5.74) is 4.43. The number of halogens is 1. The lowest BCUT2D eigenvalue weighted by molar-refractivity contribution is 0.763. The summed E-state index contributed by atoms with van der Waals surface area (Å²) in [4.78, 5) is 4.28. The molecular formula is C16H24IN3. The Morgan fingerprint density at radius 3 is 2.75 bits per heavy atom. The van der Waals surface area contributed by atoms with Gasteiger partial charge in [-0.15, -0.1) is 24.0 Å². The van der Waals surface area contributed by atoms with Gasteiger partial charge in [-0.2, -0.15) is 0 Å². The Labute approximate surface area is 138 Å². The van der Waals surface area contributed by atoms with Gasteiger partial charge in [-0.1, -0.05) is 25.1 Å². The van der Waals surface area contributed by atoms with Gasteiger partial charge in [0.1, 0.15) is 0 Å². The van der Waals surface area contributed by atoms with Crippen molar-refractivity contribution in [3.63, 3.8) is 0 Å². The van der Waals surface area contributed by atoms with Crippen molar-refractivity contribution >= 4 is 29.9 Å². The molecule has 0 bridgehead atoms. The van der Waals surface area contributed by atoms with Crippen molar-refractivity contribution < 1.29 is 0 Å². The van der Waals surface area contributed by atoms with Crippen LogP contribution in [0, 0.1) is 5.92 Å². The molecular weight excluding hydrogens is 361 g/mol. The third-order valence-electron chi connectivity index (χ3n) is 4.28. The van der Waals surface area contributed by atoms with E-state index in [0.717, 1.165) is 18.4 Å². The van der Waals surface area contributed by atoms with Crippen LogP contribution in [0.2, 0.25) is 0 Å². The number of fused-ring (bicyclic) bond motifs is 1. The third kappa shape index (κ3) is 3.65. The van der Waals surface area contributed by atoms with E-state index in [4.69, 9.17) is 0 Å². The molecule has 0 aromatic heterocycles. The van der Waals surface area contributed by atoms with E-state index in [0.29, 0.717) is 6.04 Å². The molecule has 1 aromatic rings. The monoisotopic (exact) mass is 385 g/mol. The summed E-state index contributed by atoms with van der Waals surface area (Å²) in [6.07, 6.45) is 5.08. The van der Waals surface area contributed by atoms with E-state index in [1.54, 1.807) is 0 Å². The van der Waals surface area contributed by atoms with E-state index in [-0.39, 0.29) is 24.0 Å². The Morgan fingerprint density at radius 2 is 2.05 bits per heavy atom. The molecule has 3 nitrogen and oxygen atoms in total. The maximum absolute atomic E-state index is 4.28. The molecule has 2 unspecified atom stereocenters. The molecule has 0 amide bonds. The summed E-state index contributed by atoms with van der Waals surface area (Å²) in [5.74, 6) is 1.72. The highest BCUT2D eigenvalue weighted by molar-refractivity contribution is 14.0. The molecule has 0 radical (unpaired) electrons. The van der Waals surface area contributed by atoms with E-state index >= 15 is 0 Å². The molecule has 2 aliphatic rings. The minimum absolute atomic E-state index is 0. The Balaban J connectivity index is 0.00000147. The molecule has 0 heterocycles. The molecule has 2 atom stereocenters. The Hall–Kier alpha value is -0.780. The molecule has 0 aliphatic heterocycles. The van der Waals surface area contributed by atoms with Crippen molar-refractivity contribution in [3.8, 4) is 0 Å². The highest BCUT2D eigenvalue weighted by Gasteiger charge is 2.33. The molecule has 3 rings (SSSR count). The SMILES string of the molecule is CN=C(NCc1ccc2c(c1)CCC2)NC1CC1C.I. The zero-order valence-electron chi connectivity index (χ0n) is 12.3. The number of nitrogens with zero attached hydrogens (tertiary/aromatic N) is 1. The van der Waals surface area contributed by atoms with Crippen LogP contribution in [0.4, 0.5) is 0 Å². The molecule has 0 spiro atoms. The Kier molecular flexibility index (Phi) is 5.29. The van der Waals surface area contributed by atoms with Gasteiger partial charge >= 0.3 is 0 Å². The van der Waals surface area contributed by atoms with Gasteiger partial charge in [0.15, 0.2) is 5.96 Å². The predicted molar refractivity (Wildman–Crippen MR) is 94.8 cm³/mol. The van der Waals surface area contributed by atoms with Crippen LogP contribution >= 0.6 is 24.0 Å². The van der Waals surface area contributed by atoms with Crippen molar-refractivity contribution in [2.45, 2.75) is 45.2 Å². The first kappa shape index (κ1) is 15.6. The summed E-state index contributed by atoms with van der Waals surface area (Å²) in [7, 11) is 1.84. The largest absolute Gasteiger partial charge is 0.353 e. The second-order valence-electron chi connectivity index (χ2n) is 5.85. The first-order valence-corrected chi connectivity index (χ1v) is 7.34. The molecule has 110 valence electrons. The number of rotatable bonds is 3. The molecule has 1 saturated carbocycles. The number of hydrogen-bond acceptors (Lipinski definition) is 1. The number of hydrogen-bond donors (Lipinski definition) is 2. The summed E-state index contributed by atoms with van der Waals surface area (Å²) in [6.45, 7) is 3.12. The highest BCUT2D eigenvalue weighted by Crippen LogP contribution is 2.28. The van der Waals surface area contributed by atoms with Crippen molar-refractivity contribution in [3.05, 3.63) is 34.9 Å². The van der Waals surface area contributed by atoms with E-state index in [1.807, 2.05) is 7.05 Å². The average molecular weight is 385 g/mol. The second-order valence-corrected chi connectivity index (χ2v) is 5.85. The predicted octanol–water partition coefficient (Wildman–Crippen LogP) is 2.87. The quantitative estimate of drug-likeness (QED) is 0.477. The van der Waals surface area contributed by atoms with Gasteiger partial charge in [0.2, 0.25) is 0 Å². The zero-order valence-corrected chi connectivity index (χ0v) is 14.6. The van der Waals surface area contributed by atoms with Crippen LogP contribution in [0.25, 0.3) is 0 Å². The number of nitrogens with one attached hydrogen (secondary N) is 2. The fourth-order valence-electron chi connectivity index (χ4n) is 2.81. The number of guanidine groups is 1. The van der Waals surface area contributed by atoms with Crippen molar-refractivity contribution in [2.75, 3.05) is 7.05 Å². The van der Waals surface area contributed by atoms with Gasteiger partial charge in [0.05, 0.1) is 0 Å². The van der Waals surface area contributed by atoms with Crippen LogP contribution < -0.4 is 10.6 Å². The van der Waals surface area contributed by atoms with Crippen LogP contribution in [0.3, 0.4) is 0 Å². The Morgan fingerprint density at radius 1 is 1.30 bits per heavy atom. The van der Waals surface area contributed by atoms with Crippen LogP contribution in [-0.2, 0) is 19.4 Å². The van der Waals surface area contributed by atoms with Crippen molar-refractivity contribution in [1.82, 2.24) is 10.6 Å². The van der Waals surface area contributed by atoms with E-state index in [2.05, 4.69) is 40.7 Å². The van der Waals surface area contributed by atoms with Crippen LogP contribution in [0.1, 0.15) is 36.5 Å². The van der Waals surface area contributed by atoms with Crippen LogP contribution in [0.15, 0.2) is 23.2 Å². The number of aliphatic imine (C=N–C) groups is 1. The summed E-state index contributed by atoms with van der Waals surface area (Å²) >= 11 is 0. The highest BCUT2D eigenvalue weighted by atomic mass is 127. The lowest BCUT2D eigenvalue weighted by Crippen LogP contribution is -2.38. The lowest BCUT2D eigenvalue weighted by Gasteiger charge is -2.12. The van der Waals surface area contributed by atoms with Gasteiger partial charge in [0, 0.05) is 19.6 Å². The summed E-state index contributed by atoms with van der Waals surface area (Å²) < 4.78 is 0. The maximum atomic E-state index is 4.28. The van der Waals surface area contributed by atoms with Crippen molar-refractivity contribution in [2.24, 2.45) is 10.9 Å². The summed E-state index contributed by atoms with van der Waals surface area (Å²) in [5, 5.41) is 6.86. The van der Waals surface area contributed by atoms with Gasteiger partial charge in [-0.3, -0.25) is 4.99 Å². The number of aryl methyl sites for hydroxylation is 2. The van der Waals surface area contributed by atoms with E-state index < -0.39 is 0 Å². The molecule has 1 aromatic carbocycles. The van der Waals surface area contributed by atoms with E-state index in [1.165, 1.54) is 42.4 Å².